The molecule has 0 saturated heterocycles. The third kappa shape index (κ3) is 5.14. The summed E-state index contributed by atoms with van der Waals surface area (Å²) in [5.41, 5.74) is 6.38. The monoisotopic (exact) mass is 265 g/mol. The van der Waals surface area contributed by atoms with E-state index in [0.29, 0.717) is 11.5 Å². The Kier molecular flexibility index (Phi) is 6.14. The fourth-order valence-electron chi connectivity index (χ4n) is 1.47. The summed E-state index contributed by atoms with van der Waals surface area (Å²) < 4.78 is 0. The fraction of sp³-hybridized carbons (Fsp3) is 0.385. The summed E-state index contributed by atoms with van der Waals surface area (Å²) in [4.78, 5) is 11.2. The molecule has 18 heavy (non-hydrogen) atoms. The van der Waals surface area contributed by atoms with Gasteiger partial charge in [0.05, 0.1) is 6.04 Å². The average molecular weight is 265 g/mol. The lowest BCUT2D eigenvalue weighted by molar-refractivity contribution is -0.121. The van der Waals surface area contributed by atoms with Crippen LogP contribution in [0.15, 0.2) is 30.3 Å². The maximum Gasteiger partial charge on any atom is 0.238 e. The summed E-state index contributed by atoms with van der Waals surface area (Å²) in [5.74, 6) is -0.0611. The van der Waals surface area contributed by atoms with Crippen molar-refractivity contribution < 1.29 is 4.79 Å². The Morgan fingerprint density at radius 1 is 1.28 bits per heavy atom. The van der Waals surface area contributed by atoms with Crippen molar-refractivity contribution >= 4 is 23.2 Å². The molecule has 1 atom stereocenters. The van der Waals surface area contributed by atoms with Gasteiger partial charge >= 0.3 is 0 Å². The van der Waals surface area contributed by atoms with Crippen LogP contribution in [0.5, 0.6) is 0 Å². The molecule has 4 nitrogen and oxygen atoms in total. The van der Waals surface area contributed by atoms with Gasteiger partial charge in [-0.3, -0.25) is 15.6 Å². The van der Waals surface area contributed by atoms with E-state index in [4.69, 9.17) is 12.2 Å². The predicted octanol–water partition coefficient (Wildman–Crippen LogP) is 2.04. The Balaban J connectivity index is 2.34. The molecule has 5 heteroatoms. The molecule has 0 aliphatic carbocycles. The molecule has 1 amide bonds. The van der Waals surface area contributed by atoms with Crippen molar-refractivity contribution in [3.05, 3.63) is 35.9 Å². The van der Waals surface area contributed by atoms with Gasteiger partial charge in [-0.15, -0.1) is 0 Å². The molecule has 0 aromatic heterocycles. The zero-order valence-electron chi connectivity index (χ0n) is 10.7. The lowest BCUT2D eigenvalue weighted by Crippen LogP contribution is -2.47. The molecule has 0 spiro atoms. The van der Waals surface area contributed by atoms with E-state index in [9.17, 15) is 4.79 Å². The van der Waals surface area contributed by atoms with Crippen LogP contribution in [0.3, 0.4) is 0 Å². The van der Waals surface area contributed by atoms with Gasteiger partial charge in [-0.25, -0.2) is 0 Å². The largest absolute Gasteiger partial charge is 0.355 e. The molecule has 1 aromatic carbocycles. The molecule has 0 bridgehead atoms. The van der Waals surface area contributed by atoms with Crippen molar-refractivity contribution in [2.45, 2.75) is 32.7 Å². The molecule has 1 rings (SSSR count). The van der Waals surface area contributed by atoms with Gasteiger partial charge in [0.2, 0.25) is 5.91 Å². The minimum Gasteiger partial charge on any atom is -0.355 e. The number of carbonyl (C=O) groups is 1. The maximum absolute atomic E-state index is 11.2. The highest BCUT2D eigenvalue weighted by atomic mass is 32.1. The Hall–Kier alpha value is -1.62. The Bertz CT molecular complexity index is 394. The zero-order valence-corrected chi connectivity index (χ0v) is 11.5. The van der Waals surface area contributed by atoms with Gasteiger partial charge in [0.1, 0.15) is 0 Å². The van der Waals surface area contributed by atoms with Gasteiger partial charge < -0.3 is 5.32 Å². The zero-order chi connectivity index (χ0) is 13.4. The fourth-order valence-corrected chi connectivity index (χ4v) is 1.70. The lowest BCUT2D eigenvalue weighted by Gasteiger charge is -2.17. The molecule has 0 radical (unpaired) electrons. The first-order chi connectivity index (χ1) is 8.63. The van der Waals surface area contributed by atoms with Gasteiger partial charge in [-0.2, -0.15) is 0 Å². The van der Waals surface area contributed by atoms with Gasteiger partial charge in [0.15, 0.2) is 5.11 Å². The lowest BCUT2D eigenvalue weighted by atomic mass is 10.1. The topological polar surface area (TPSA) is 53.2 Å². The summed E-state index contributed by atoms with van der Waals surface area (Å²) in [6.07, 6.45) is 1.30. The van der Waals surface area contributed by atoms with E-state index >= 15 is 0 Å². The Labute approximate surface area is 113 Å². The first kappa shape index (κ1) is 14.4. The average Bonchev–Trinajstić information content (AvgIpc) is 2.38. The second-order valence-electron chi connectivity index (χ2n) is 4.03. The molecule has 1 aromatic rings. The molecule has 0 aliphatic heterocycles. The minimum atomic E-state index is -0.0611. The number of rotatable bonds is 4. The van der Waals surface area contributed by atoms with Crippen molar-refractivity contribution in [2.24, 2.45) is 0 Å². The van der Waals surface area contributed by atoms with Crippen LogP contribution in [0.4, 0.5) is 0 Å². The smallest absolute Gasteiger partial charge is 0.238 e. The van der Waals surface area contributed by atoms with Crippen LogP contribution in [0, 0.1) is 0 Å². The molecule has 0 saturated carbocycles. The first-order valence-corrected chi connectivity index (χ1v) is 6.44. The quantitative estimate of drug-likeness (QED) is 0.576. The highest BCUT2D eigenvalue weighted by molar-refractivity contribution is 7.80. The second-order valence-corrected chi connectivity index (χ2v) is 4.44. The third-order valence-corrected chi connectivity index (χ3v) is 2.66. The number of hydrogen-bond donors (Lipinski definition) is 3. The number of carbonyl (C=O) groups excluding carboxylic acids is 1. The number of thiocarbonyl (C=S) groups is 1. The number of amides is 1. The van der Waals surface area contributed by atoms with Crippen LogP contribution < -0.4 is 16.2 Å². The van der Waals surface area contributed by atoms with Gasteiger partial charge in [0, 0.05) is 6.42 Å². The maximum atomic E-state index is 11.2. The van der Waals surface area contributed by atoms with Crippen molar-refractivity contribution in [1.29, 1.82) is 0 Å². The van der Waals surface area contributed by atoms with Crippen LogP contribution in [0.25, 0.3) is 0 Å². The Morgan fingerprint density at radius 3 is 2.56 bits per heavy atom. The summed E-state index contributed by atoms with van der Waals surface area (Å²) >= 11 is 5.10. The second kappa shape index (κ2) is 7.66. The number of benzene rings is 1. The standard InChI is InChI=1S/C13H19N3OS/c1-3-7-12(17)15-16-13(18)14-10(2)11-8-5-4-6-9-11/h4-6,8-10H,3,7H2,1-2H3,(H,15,17)(H2,14,16,18). The molecule has 98 valence electrons. The number of hydrogen-bond acceptors (Lipinski definition) is 2. The van der Waals surface area contributed by atoms with Gasteiger partial charge in [-0.1, -0.05) is 37.3 Å². The summed E-state index contributed by atoms with van der Waals surface area (Å²) in [5, 5.41) is 3.51. The van der Waals surface area contributed by atoms with E-state index in [-0.39, 0.29) is 11.9 Å². The van der Waals surface area contributed by atoms with Crippen molar-refractivity contribution in [2.75, 3.05) is 0 Å². The third-order valence-electron chi connectivity index (χ3n) is 2.44. The first-order valence-electron chi connectivity index (χ1n) is 6.03. The predicted molar refractivity (Wildman–Crippen MR) is 76.8 cm³/mol. The van der Waals surface area contributed by atoms with E-state index < -0.39 is 0 Å². The highest BCUT2D eigenvalue weighted by Gasteiger charge is 2.06. The molecule has 0 fully saturated rings. The van der Waals surface area contributed by atoms with E-state index in [0.717, 1.165) is 12.0 Å². The number of hydrazine groups is 1. The van der Waals surface area contributed by atoms with Crippen LogP contribution in [-0.2, 0) is 4.79 Å². The molecular weight excluding hydrogens is 246 g/mol. The molecule has 0 heterocycles. The normalized spacial score (nSPS) is 11.4. The van der Waals surface area contributed by atoms with Crippen molar-refractivity contribution in [1.82, 2.24) is 16.2 Å². The Morgan fingerprint density at radius 2 is 1.94 bits per heavy atom. The van der Waals surface area contributed by atoms with Crippen LogP contribution >= 0.6 is 12.2 Å². The van der Waals surface area contributed by atoms with Crippen LogP contribution in [0.2, 0.25) is 0 Å². The minimum absolute atomic E-state index is 0.0611. The summed E-state index contributed by atoms with van der Waals surface area (Å²) in [6.45, 7) is 3.96. The van der Waals surface area contributed by atoms with E-state index in [1.807, 2.05) is 44.2 Å². The highest BCUT2D eigenvalue weighted by Crippen LogP contribution is 2.10. The molecular formula is C13H19N3OS. The molecule has 0 aliphatic rings. The van der Waals surface area contributed by atoms with Crippen LogP contribution in [0.1, 0.15) is 38.3 Å². The van der Waals surface area contributed by atoms with Crippen molar-refractivity contribution in [3.63, 3.8) is 0 Å². The molecule has 3 N–H and O–H groups in total. The van der Waals surface area contributed by atoms with E-state index in [2.05, 4.69) is 16.2 Å². The van der Waals surface area contributed by atoms with E-state index in [1.165, 1.54) is 0 Å². The van der Waals surface area contributed by atoms with Gasteiger partial charge in [0.25, 0.3) is 0 Å². The van der Waals surface area contributed by atoms with Crippen LogP contribution in [-0.4, -0.2) is 11.0 Å². The van der Waals surface area contributed by atoms with E-state index in [1.54, 1.807) is 0 Å². The number of nitrogens with one attached hydrogen (secondary N) is 3. The van der Waals surface area contributed by atoms with Crippen molar-refractivity contribution in [3.8, 4) is 0 Å². The van der Waals surface area contributed by atoms with Gasteiger partial charge in [-0.05, 0) is 31.1 Å². The summed E-state index contributed by atoms with van der Waals surface area (Å²) in [7, 11) is 0. The molecule has 1 unspecified atom stereocenters. The SMILES string of the molecule is CCCC(=O)NNC(=S)NC(C)c1ccccc1. The summed E-state index contributed by atoms with van der Waals surface area (Å²) in [6, 6.07) is 10.1.